The Kier molecular flexibility index (Phi) is 10.4. The van der Waals surface area contributed by atoms with E-state index < -0.39 is 18.2 Å². The summed E-state index contributed by atoms with van der Waals surface area (Å²) >= 11 is 1.41. The first-order chi connectivity index (χ1) is 22.3. The van der Waals surface area contributed by atoms with Gasteiger partial charge in [0.15, 0.2) is 5.13 Å². The van der Waals surface area contributed by atoms with Gasteiger partial charge in [0, 0.05) is 39.4 Å². The number of benzene rings is 3. The second kappa shape index (κ2) is 14.8. The topological polar surface area (TPSA) is 151 Å². The molecule has 13 heteroatoms. The van der Waals surface area contributed by atoms with Crippen molar-refractivity contribution in [3.05, 3.63) is 89.5 Å². The smallest absolute Gasteiger partial charge is 0.333 e. The average Bonchev–Trinajstić information content (AvgIpc) is 3.60. The van der Waals surface area contributed by atoms with E-state index in [9.17, 15) is 19.6 Å². The van der Waals surface area contributed by atoms with Gasteiger partial charge in [-0.25, -0.2) is 14.8 Å². The van der Waals surface area contributed by atoms with Gasteiger partial charge in [-0.1, -0.05) is 65.9 Å². The molecule has 0 spiro atoms. The highest BCUT2D eigenvalue weighted by atomic mass is 32.1. The van der Waals surface area contributed by atoms with Crippen molar-refractivity contribution in [3.8, 4) is 6.07 Å². The van der Waals surface area contributed by atoms with Crippen LogP contribution in [0.3, 0.4) is 0 Å². The molecule has 1 aliphatic heterocycles. The molecule has 1 aromatic heterocycles. The zero-order valence-corrected chi connectivity index (χ0v) is 26.6. The number of hydrazine groups is 1. The van der Waals surface area contributed by atoms with Crippen molar-refractivity contribution in [2.24, 2.45) is 0 Å². The molecule has 238 valence electrons. The van der Waals surface area contributed by atoms with Crippen LogP contribution < -0.4 is 21.3 Å². The Hall–Kier alpha value is -5.03. The Morgan fingerprint density at radius 1 is 1.11 bits per heavy atom. The SMILES string of the molecule is CN(C)c1ccc(C[C@@H](C=O)N2C(=O)CN(N(CC#N)C(=O)NCc3ccccc3)[C@H]2CNCc2cccc3sc(N)nc23)cc1. The summed E-state index contributed by atoms with van der Waals surface area (Å²) in [4.78, 5) is 47.7. The molecule has 3 amide bonds. The summed E-state index contributed by atoms with van der Waals surface area (Å²) in [7, 11) is 3.90. The summed E-state index contributed by atoms with van der Waals surface area (Å²) in [5.41, 5.74) is 10.5. The fraction of sp³-hybridized carbons (Fsp3) is 0.303. The maximum Gasteiger partial charge on any atom is 0.333 e. The van der Waals surface area contributed by atoms with Crippen LogP contribution in [0, 0.1) is 11.3 Å². The van der Waals surface area contributed by atoms with Crippen molar-refractivity contribution in [1.29, 1.82) is 5.26 Å². The Labute approximate surface area is 272 Å². The Morgan fingerprint density at radius 2 is 1.87 bits per heavy atom. The van der Waals surface area contributed by atoms with Crippen LogP contribution in [0.15, 0.2) is 72.8 Å². The van der Waals surface area contributed by atoms with Gasteiger partial charge in [0.05, 0.1) is 28.9 Å². The number of nitrogens with one attached hydrogen (secondary N) is 2. The molecule has 4 aromatic rings. The Bertz CT molecular complexity index is 1710. The molecule has 2 atom stereocenters. The fourth-order valence-electron chi connectivity index (χ4n) is 5.59. The van der Waals surface area contributed by atoms with Crippen molar-refractivity contribution >= 4 is 50.6 Å². The Morgan fingerprint density at radius 3 is 2.57 bits per heavy atom. The molecule has 0 bridgehead atoms. The van der Waals surface area contributed by atoms with E-state index in [1.165, 1.54) is 21.2 Å². The maximum atomic E-state index is 13.7. The van der Waals surface area contributed by atoms with E-state index in [0.29, 0.717) is 18.1 Å². The zero-order valence-electron chi connectivity index (χ0n) is 25.8. The molecule has 0 saturated carbocycles. The third kappa shape index (κ3) is 7.43. The van der Waals surface area contributed by atoms with E-state index in [4.69, 9.17) is 5.73 Å². The minimum Gasteiger partial charge on any atom is -0.378 e. The number of carbonyl (C=O) groups is 3. The molecule has 5 rings (SSSR count). The predicted molar refractivity (Wildman–Crippen MR) is 178 cm³/mol. The van der Waals surface area contributed by atoms with Gasteiger partial charge >= 0.3 is 6.03 Å². The molecule has 0 aliphatic carbocycles. The van der Waals surface area contributed by atoms with Crippen LogP contribution in [0.5, 0.6) is 0 Å². The number of nitrogens with two attached hydrogens (primary N) is 1. The summed E-state index contributed by atoms with van der Waals surface area (Å²) in [6.07, 6.45) is 0.333. The summed E-state index contributed by atoms with van der Waals surface area (Å²) in [6.45, 7) is 0.404. The monoisotopic (exact) mass is 639 g/mol. The number of para-hydroxylation sites is 1. The summed E-state index contributed by atoms with van der Waals surface area (Å²) < 4.78 is 0.965. The fourth-order valence-corrected chi connectivity index (χ4v) is 6.37. The van der Waals surface area contributed by atoms with E-state index in [2.05, 4.69) is 21.7 Å². The van der Waals surface area contributed by atoms with Crippen LogP contribution in [0.4, 0.5) is 15.6 Å². The molecular formula is C33H37N9O3S. The zero-order chi connectivity index (χ0) is 32.6. The van der Waals surface area contributed by atoms with Crippen molar-refractivity contribution in [1.82, 2.24) is 30.5 Å². The third-order valence-corrected chi connectivity index (χ3v) is 8.73. The van der Waals surface area contributed by atoms with Gasteiger partial charge in [-0.15, -0.1) is 0 Å². The van der Waals surface area contributed by atoms with E-state index in [1.54, 1.807) is 5.01 Å². The molecule has 1 aliphatic rings. The number of nitrogen functional groups attached to an aromatic ring is 1. The maximum absolute atomic E-state index is 13.7. The number of aromatic nitrogens is 1. The number of hydrogen-bond donors (Lipinski definition) is 3. The number of urea groups is 1. The van der Waals surface area contributed by atoms with Gasteiger partial charge in [0.2, 0.25) is 5.91 Å². The first-order valence-electron chi connectivity index (χ1n) is 14.9. The van der Waals surface area contributed by atoms with Gasteiger partial charge in [0.25, 0.3) is 0 Å². The molecule has 46 heavy (non-hydrogen) atoms. The van der Waals surface area contributed by atoms with Gasteiger partial charge in [-0.05, 0) is 41.3 Å². The second-order valence-electron chi connectivity index (χ2n) is 11.2. The second-order valence-corrected chi connectivity index (χ2v) is 12.2. The summed E-state index contributed by atoms with van der Waals surface area (Å²) in [5.74, 6) is -0.318. The largest absolute Gasteiger partial charge is 0.378 e. The number of aldehydes is 1. The highest BCUT2D eigenvalue weighted by Gasteiger charge is 2.45. The minimum atomic E-state index is -0.799. The van der Waals surface area contributed by atoms with Crippen LogP contribution in [0.2, 0.25) is 0 Å². The number of thiazole rings is 1. The molecule has 1 fully saturated rings. The van der Waals surface area contributed by atoms with Gasteiger partial charge in [0.1, 0.15) is 19.0 Å². The molecule has 1 saturated heterocycles. The first kappa shape index (κ1) is 32.4. The van der Waals surface area contributed by atoms with Crippen LogP contribution in [-0.2, 0) is 29.1 Å². The molecule has 12 nitrogen and oxygen atoms in total. The molecule has 4 N–H and O–H groups in total. The van der Waals surface area contributed by atoms with Crippen molar-refractivity contribution in [3.63, 3.8) is 0 Å². The quantitative estimate of drug-likeness (QED) is 0.148. The standard InChI is InChI=1S/C33H37N9O3S/c1-39(2)26-13-11-23(12-14-26)17-27(22-43)42-29(20-36-19-25-9-6-10-28-31(25)38-32(35)46-28)41(21-30(42)44)40(16-15-34)33(45)37-18-24-7-4-3-5-8-24/h3-14,22,27,29,36H,16-21H2,1-2H3,(H2,35,38)(H,37,45)/t27-,29+/m0/s1. The van der Waals surface area contributed by atoms with Gasteiger partial charge < -0.3 is 31.0 Å². The number of rotatable bonds is 13. The number of nitriles is 1. The molecule has 0 radical (unpaired) electrons. The normalized spacial score (nSPS) is 15.5. The highest BCUT2D eigenvalue weighted by molar-refractivity contribution is 7.22. The summed E-state index contributed by atoms with van der Waals surface area (Å²) in [6, 6.07) is 23.8. The van der Waals surface area contributed by atoms with Gasteiger partial charge in [-0.2, -0.15) is 10.3 Å². The highest BCUT2D eigenvalue weighted by Crippen LogP contribution is 2.27. The van der Waals surface area contributed by atoms with E-state index in [-0.39, 0.29) is 32.1 Å². The number of hydrogen-bond acceptors (Lipinski definition) is 10. The predicted octanol–water partition coefficient (Wildman–Crippen LogP) is 2.96. The van der Waals surface area contributed by atoms with Crippen molar-refractivity contribution in [2.45, 2.75) is 31.7 Å². The molecule has 0 unspecified atom stereocenters. The number of anilines is 2. The Balaban J connectivity index is 1.40. The number of nitrogens with zero attached hydrogens (tertiary/aromatic N) is 6. The first-order valence-corrected chi connectivity index (χ1v) is 15.7. The van der Waals surface area contributed by atoms with Crippen LogP contribution in [-0.4, -0.2) is 84.1 Å². The molecule has 3 aromatic carbocycles. The number of fused-ring (bicyclic) bond motifs is 1. The lowest BCUT2D eigenvalue weighted by molar-refractivity contribution is -0.134. The van der Waals surface area contributed by atoms with E-state index >= 15 is 0 Å². The third-order valence-electron chi connectivity index (χ3n) is 7.88. The van der Waals surface area contributed by atoms with E-state index in [1.807, 2.05) is 91.8 Å². The van der Waals surface area contributed by atoms with Crippen molar-refractivity contribution in [2.75, 3.05) is 44.4 Å². The average molecular weight is 640 g/mol. The number of amides is 3. The lowest BCUT2D eigenvalue weighted by Gasteiger charge is -2.38. The minimum absolute atomic E-state index is 0.172. The van der Waals surface area contributed by atoms with Crippen molar-refractivity contribution < 1.29 is 14.4 Å². The summed E-state index contributed by atoms with van der Waals surface area (Å²) in [5, 5.41) is 19.3. The lowest BCUT2D eigenvalue weighted by atomic mass is 10.0. The number of carbonyl (C=O) groups excluding carboxylic acids is 3. The lowest BCUT2D eigenvalue weighted by Crippen LogP contribution is -2.58. The van der Waals surface area contributed by atoms with Crippen LogP contribution in [0.25, 0.3) is 10.2 Å². The molecule has 2 heterocycles. The molecular weight excluding hydrogens is 602 g/mol. The van der Waals surface area contributed by atoms with Crippen LogP contribution in [0.1, 0.15) is 16.7 Å². The van der Waals surface area contributed by atoms with Gasteiger partial charge in [-0.3, -0.25) is 4.79 Å². The van der Waals surface area contributed by atoms with E-state index in [0.717, 1.165) is 38.9 Å². The van der Waals surface area contributed by atoms with Crippen LogP contribution >= 0.6 is 11.3 Å².